The summed E-state index contributed by atoms with van der Waals surface area (Å²) >= 11 is 5.80. The van der Waals surface area contributed by atoms with Crippen LogP contribution >= 0.6 is 11.6 Å². The van der Waals surface area contributed by atoms with Gasteiger partial charge in [0.1, 0.15) is 0 Å². The number of carbonyl (C=O) groups is 2. The van der Waals surface area contributed by atoms with Gasteiger partial charge in [0.2, 0.25) is 10.0 Å². The van der Waals surface area contributed by atoms with E-state index in [4.69, 9.17) is 21.1 Å². The average molecular weight is 438 g/mol. The van der Waals surface area contributed by atoms with E-state index in [1.165, 1.54) is 28.6 Å². The summed E-state index contributed by atoms with van der Waals surface area (Å²) in [6.07, 6.45) is 0.0289. The Morgan fingerprint density at radius 2 is 1.62 bits per heavy atom. The maximum Gasteiger partial charge on any atom is 0.310 e. The molecule has 1 fully saturated rings. The molecule has 0 unspecified atom stereocenters. The molecule has 2 aromatic carbocycles. The third-order valence-electron chi connectivity index (χ3n) is 4.41. The van der Waals surface area contributed by atoms with Crippen molar-refractivity contribution in [1.29, 1.82) is 0 Å². The molecule has 0 atom stereocenters. The fraction of sp³-hybridized carbons (Fsp3) is 0.300. The zero-order valence-electron chi connectivity index (χ0n) is 15.5. The van der Waals surface area contributed by atoms with E-state index >= 15 is 0 Å². The van der Waals surface area contributed by atoms with Crippen molar-refractivity contribution >= 4 is 33.4 Å². The first-order chi connectivity index (χ1) is 13.9. The van der Waals surface area contributed by atoms with Crippen molar-refractivity contribution < 1.29 is 27.5 Å². The van der Waals surface area contributed by atoms with Crippen LogP contribution in [0.15, 0.2) is 53.4 Å². The minimum Gasteiger partial charge on any atom is -0.457 e. The SMILES string of the molecule is O=C(Cc1ccc(Cl)cc1)OCC(=O)c1ccc(S(=O)(=O)N2CCOCC2)cc1. The second kappa shape index (κ2) is 9.49. The number of ketones is 1. The highest BCUT2D eigenvalue weighted by Crippen LogP contribution is 2.18. The highest BCUT2D eigenvalue weighted by Gasteiger charge is 2.26. The molecule has 29 heavy (non-hydrogen) atoms. The molecule has 0 N–H and O–H groups in total. The van der Waals surface area contributed by atoms with Gasteiger partial charge in [-0.3, -0.25) is 9.59 Å². The fourth-order valence-electron chi connectivity index (χ4n) is 2.80. The zero-order chi connectivity index (χ0) is 20.9. The Balaban J connectivity index is 1.56. The van der Waals surface area contributed by atoms with E-state index in [9.17, 15) is 18.0 Å². The lowest BCUT2D eigenvalue weighted by Crippen LogP contribution is -2.40. The van der Waals surface area contributed by atoms with Gasteiger partial charge < -0.3 is 9.47 Å². The average Bonchev–Trinajstić information content (AvgIpc) is 2.74. The Hall–Kier alpha value is -2.26. The Morgan fingerprint density at radius 1 is 1.00 bits per heavy atom. The molecule has 1 heterocycles. The third-order valence-corrected chi connectivity index (χ3v) is 6.57. The van der Waals surface area contributed by atoms with Gasteiger partial charge in [0, 0.05) is 23.7 Å². The Labute approximate surface area is 174 Å². The number of sulfonamides is 1. The summed E-state index contributed by atoms with van der Waals surface area (Å²) in [7, 11) is -3.62. The van der Waals surface area contributed by atoms with Crippen LogP contribution in [0, 0.1) is 0 Å². The number of esters is 1. The van der Waals surface area contributed by atoms with Crippen molar-refractivity contribution in [1.82, 2.24) is 4.31 Å². The molecule has 0 spiro atoms. The van der Waals surface area contributed by atoms with Gasteiger partial charge in [0.25, 0.3) is 0 Å². The van der Waals surface area contributed by atoms with Gasteiger partial charge in [0.15, 0.2) is 12.4 Å². The molecule has 154 valence electrons. The summed E-state index contributed by atoms with van der Waals surface area (Å²) in [5.41, 5.74) is 0.995. The van der Waals surface area contributed by atoms with E-state index in [1.807, 2.05) is 0 Å². The lowest BCUT2D eigenvalue weighted by atomic mass is 10.1. The molecule has 0 aromatic heterocycles. The number of nitrogens with zero attached hydrogens (tertiary/aromatic N) is 1. The van der Waals surface area contributed by atoms with Crippen molar-refractivity contribution in [2.75, 3.05) is 32.9 Å². The highest BCUT2D eigenvalue weighted by molar-refractivity contribution is 7.89. The quantitative estimate of drug-likeness (QED) is 0.488. The van der Waals surface area contributed by atoms with Crippen molar-refractivity contribution in [3.8, 4) is 0 Å². The van der Waals surface area contributed by atoms with E-state index < -0.39 is 28.4 Å². The number of ether oxygens (including phenoxy) is 2. The maximum atomic E-state index is 12.6. The molecule has 0 bridgehead atoms. The van der Waals surface area contributed by atoms with Crippen LogP contribution in [-0.4, -0.2) is 57.4 Å². The standard InChI is InChI=1S/C20H20ClNO6S/c21-17-5-1-15(2-6-17)13-20(24)28-14-19(23)16-3-7-18(8-4-16)29(25,26)22-9-11-27-12-10-22/h1-8H,9-14H2. The summed E-state index contributed by atoms with van der Waals surface area (Å²) in [6, 6.07) is 12.4. The number of morpholine rings is 1. The molecular weight excluding hydrogens is 418 g/mol. The van der Waals surface area contributed by atoms with E-state index in [1.54, 1.807) is 24.3 Å². The highest BCUT2D eigenvalue weighted by atomic mass is 35.5. The van der Waals surface area contributed by atoms with Crippen LogP contribution in [0.25, 0.3) is 0 Å². The summed E-state index contributed by atoms with van der Waals surface area (Å²) in [5, 5.41) is 0.566. The van der Waals surface area contributed by atoms with Gasteiger partial charge in [-0.15, -0.1) is 0 Å². The molecule has 1 saturated heterocycles. The second-order valence-corrected chi connectivity index (χ2v) is 8.80. The van der Waals surface area contributed by atoms with Gasteiger partial charge in [-0.2, -0.15) is 4.31 Å². The molecule has 1 aliphatic heterocycles. The Morgan fingerprint density at radius 3 is 2.24 bits per heavy atom. The molecule has 3 rings (SSSR count). The van der Waals surface area contributed by atoms with E-state index in [0.717, 1.165) is 5.56 Å². The van der Waals surface area contributed by atoms with Crippen LogP contribution in [0.4, 0.5) is 0 Å². The van der Waals surface area contributed by atoms with Crippen LogP contribution in [0.5, 0.6) is 0 Å². The van der Waals surface area contributed by atoms with E-state index in [-0.39, 0.29) is 16.9 Å². The third kappa shape index (κ3) is 5.63. The summed E-state index contributed by atoms with van der Waals surface area (Å²) in [6.45, 7) is 0.898. The van der Waals surface area contributed by atoms with Gasteiger partial charge in [0.05, 0.1) is 24.5 Å². The largest absolute Gasteiger partial charge is 0.457 e. The van der Waals surface area contributed by atoms with Crippen LogP contribution in [0.2, 0.25) is 5.02 Å². The molecule has 0 aliphatic carbocycles. The van der Waals surface area contributed by atoms with Crippen LogP contribution < -0.4 is 0 Å². The van der Waals surface area contributed by atoms with Crippen molar-refractivity contribution in [3.05, 3.63) is 64.7 Å². The molecule has 1 aliphatic rings. The fourth-order valence-corrected chi connectivity index (χ4v) is 4.33. The van der Waals surface area contributed by atoms with Crippen LogP contribution in [0.1, 0.15) is 15.9 Å². The van der Waals surface area contributed by atoms with E-state index in [2.05, 4.69) is 0 Å². The van der Waals surface area contributed by atoms with E-state index in [0.29, 0.717) is 31.3 Å². The number of Topliss-reactive ketones (excluding diaryl/α,β-unsaturated/α-hetero) is 1. The predicted molar refractivity (Wildman–Crippen MR) is 106 cm³/mol. The van der Waals surface area contributed by atoms with Gasteiger partial charge in [-0.25, -0.2) is 8.42 Å². The van der Waals surface area contributed by atoms with Crippen molar-refractivity contribution in [3.63, 3.8) is 0 Å². The predicted octanol–water partition coefficient (Wildman–Crippen LogP) is 2.33. The summed E-state index contributed by atoms with van der Waals surface area (Å²) in [5.74, 6) is -0.947. The first-order valence-corrected chi connectivity index (χ1v) is 10.8. The van der Waals surface area contributed by atoms with Gasteiger partial charge in [-0.05, 0) is 42.0 Å². The first kappa shape index (κ1) is 21.4. The lowest BCUT2D eigenvalue weighted by Gasteiger charge is -2.26. The molecule has 9 heteroatoms. The minimum atomic E-state index is -3.62. The molecule has 7 nitrogen and oxygen atoms in total. The molecule has 0 radical (unpaired) electrons. The number of rotatable bonds is 7. The number of hydrogen-bond donors (Lipinski definition) is 0. The molecule has 2 aromatic rings. The second-order valence-electron chi connectivity index (χ2n) is 6.43. The number of hydrogen-bond acceptors (Lipinski definition) is 6. The lowest BCUT2D eigenvalue weighted by molar-refractivity contribution is -0.141. The van der Waals surface area contributed by atoms with Crippen LogP contribution in [0.3, 0.4) is 0 Å². The monoisotopic (exact) mass is 437 g/mol. The smallest absolute Gasteiger partial charge is 0.310 e. The van der Waals surface area contributed by atoms with Crippen molar-refractivity contribution in [2.45, 2.75) is 11.3 Å². The topological polar surface area (TPSA) is 90.0 Å². The molecular formula is C20H20ClNO6S. The Bertz CT molecular complexity index is 967. The van der Waals surface area contributed by atoms with Crippen molar-refractivity contribution in [2.24, 2.45) is 0 Å². The summed E-state index contributed by atoms with van der Waals surface area (Å²) < 4.78 is 36.7. The first-order valence-electron chi connectivity index (χ1n) is 8.97. The number of benzene rings is 2. The minimum absolute atomic E-state index is 0.0289. The summed E-state index contributed by atoms with van der Waals surface area (Å²) in [4.78, 5) is 24.2. The number of carbonyl (C=O) groups excluding carboxylic acids is 2. The molecule has 0 amide bonds. The Kier molecular flexibility index (Phi) is 7.02. The van der Waals surface area contributed by atoms with Crippen LogP contribution in [-0.2, 0) is 30.7 Å². The maximum absolute atomic E-state index is 12.6. The molecule has 0 saturated carbocycles. The number of halogens is 1. The van der Waals surface area contributed by atoms with Gasteiger partial charge >= 0.3 is 5.97 Å². The normalized spacial score (nSPS) is 15.1. The van der Waals surface area contributed by atoms with Gasteiger partial charge in [-0.1, -0.05) is 23.7 Å². The zero-order valence-corrected chi connectivity index (χ0v) is 17.1.